The van der Waals surface area contributed by atoms with Crippen molar-refractivity contribution in [3.63, 3.8) is 0 Å². The zero-order valence-corrected chi connectivity index (χ0v) is 16.5. The van der Waals surface area contributed by atoms with Gasteiger partial charge in [-0.05, 0) is 49.4 Å². The minimum atomic E-state index is -0.564. The van der Waals surface area contributed by atoms with E-state index in [2.05, 4.69) is 9.73 Å². The van der Waals surface area contributed by atoms with Crippen molar-refractivity contribution in [2.75, 3.05) is 13.7 Å². The van der Waals surface area contributed by atoms with E-state index in [1.54, 1.807) is 6.92 Å². The summed E-state index contributed by atoms with van der Waals surface area (Å²) in [5.74, 6) is -2.00. The van der Waals surface area contributed by atoms with Gasteiger partial charge in [-0.3, -0.25) is 9.59 Å². The maximum atomic E-state index is 13.6. The molecule has 1 heterocycles. The minimum absolute atomic E-state index is 0.160. The molecule has 0 unspecified atom stereocenters. The topological polar surface area (TPSA) is 87.0 Å². The summed E-state index contributed by atoms with van der Waals surface area (Å²) in [6.45, 7) is 1.75. The Balaban J connectivity index is 2.02. The predicted molar refractivity (Wildman–Crippen MR) is 104 cm³/mol. The van der Waals surface area contributed by atoms with Crippen LogP contribution in [0.4, 0.5) is 4.39 Å². The maximum Gasteiger partial charge on any atom is 0.337 e. The lowest BCUT2D eigenvalue weighted by molar-refractivity contribution is -0.143. The van der Waals surface area contributed by atoms with E-state index in [-0.39, 0.29) is 23.5 Å². The quantitative estimate of drug-likeness (QED) is 0.597. The monoisotopic (exact) mass is 416 g/mol. The summed E-state index contributed by atoms with van der Waals surface area (Å²) >= 11 is 1.09. The minimum Gasteiger partial charge on any atom is -0.465 e. The van der Waals surface area contributed by atoms with Crippen molar-refractivity contribution < 1.29 is 28.2 Å². The third-order valence-corrected chi connectivity index (χ3v) is 5.03. The number of halogens is 1. The molecule has 0 atom stereocenters. The summed E-state index contributed by atoms with van der Waals surface area (Å²) in [4.78, 5) is 40.4. The molecule has 0 fully saturated rings. The summed E-state index contributed by atoms with van der Waals surface area (Å²) in [5, 5.41) is 0. The molecule has 0 radical (unpaired) electrons. The van der Waals surface area contributed by atoms with Gasteiger partial charge in [0.2, 0.25) is 0 Å². The number of hydrogen-bond acceptors (Lipinski definition) is 6. The molecule has 7 nitrogen and oxygen atoms in total. The van der Waals surface area contributed by atoms with E-state index in [4.69, 9.17) is 4.74 Å². The molecule has 0 bridgehead atoms. The Bertz CT molecular complexity index is 1150. The molecule has 150 valence electrons. The second-order valence-electron chi connectivity index (χ2n) is 5.87. The number of fused-ring (bicyclic) bond motifs is 1. The third kappa shape index (κ3) is 4.57. The van der Waals surface area contributed by atoms with Gasteiger partial charge in [0.1, 0.15) is 12.4 Å². The number of aromatic nitrogens is 1. The first kappa shape index (κ1) is 20.4. The van der Waals surface area contributed by atoms with Gasteiger partial charge in [0.05, 0.1) is 29.5 Å². The van der Waals surface area contributed by atoms with Crippen molar-refractivity contribution in [3.05, 3.63) is 64.2 Å². The highest BCUT2D eigenvalue weighted by Crippen LogP contribution is 2.19. The highest BCUT2D eigenvalue weighted by atomic mass is 32.1. The standard InChI is InChI=1S/C20H17FN2O5S/c1-3-28-17(24)11-23-15-9-8-14(21)10-16(15)29-20(23)22-18(25)12-4-6-13(7-5-12)19(26)27-2/h4-10H,3,11H2,1-2H3. The zero-order chi connectivity index (χ0) is 21.0. The number of methoxy groups -OCH3 is 1. The predicted octanol–water partition coefficient (Wildman–Crippen LogP) is 2.93. The molecule has 0 aliphatic heterocycles. The van der Waals surface area contributed by atoms with Crippen LogP contribution in [0.25, 0.3) is 10.2 Å². The van der Waals surface area contributed by atoms with Crippen LogP contribution in [0.15, 0.2) is 47.5 Å². The molecule has 1 amide bonds. The van der Waals surface area contributed by atoms with E-state index in [0.29, 0.717) is 15.8 Å². The number of amides is 1. The molecule has 3 rings (SSSR count). The third-order valence-electron chi connectivity index (χ3n) is 3.99. The van der Waals surface area contributed by atoms with E-state index in [0.717, 1.165) is 11.3 Å². The van der Waals surface area contributed by atoms with Crippen LogP contribution in [-0.2, 0) is 20.8 Å². The van der Waals surface area contributed by atoms with Gasteiger partial charge in [-0.15, -0.1) is 0 Å². The molecule has 0 saturated heterocycles. The van der Waals surface area contributed by atoms with Crippen LogP contribution >= 0.6 is 11.3 Å². The molecule has 1 aromatic heterocycles. The van der Waals surface area contributed by atoms with Crippen molar-refractivity contribution >= 4 is 39.4 Å². The second-order valence-corrected chi connectivity index (χ2v) is 6.88. The second kappa shape index (κ2) is 8.78. The fourth-order valence-electron chi connectivity index (χ4n) is 2.64. The average molecular weight is 416 g/mol. The van der Waals surface area contributed by atoms with E-state index < -0.39 is 23.7 Å². The first-order valence-corrected chi connectivity index (χ1v) is 9.46. The molecule has 2 aromatic carbocycles. The van der Waals surface area contributed by atoms with Crippen LogP contribution in [0, 0.1) is 5.82 Å². The molecule has 29 heavy (non-hydrogen) atoms. The first-order valence-electron chi connectivity index (χ1n) is 8.65. The number of nitrogens with zero attached hydrogens (tertiary/aromatic N) is 2. The SMILES string of the molecule is CCOC(=O)Cn1c(=NC(=O)c2ccc(C(=O)OC)cc2)sc2cc(F)ccc21. The van der Waals surface area contributed by atoms with Crippen LogP contribution in [0.2, 0.25) is 0 Å². The first-order chi connectivity index (χ1) is 13.9. The Kier molecular flexibility index (Phi) is 6.18. The summed E-state index contributed by atoms with van der Waals surface area (Å²) in [6.07, 6.45) is 0. The van der Waals surface area contributed by atoms with E-state index in [9.17, 15) is 18.8 Å². The van der Waals surface area contributed by atoms with Crippen molar-refractivity contribution in [2.45, 2.75) is 13.5 Å². The van der Waals surface area contributed by atoms with Crippen LogP contribution in [0.5, 0.6) is 0 Å². The molecule has 0 spiro atoms. The van der Waals surface area contributed by atoms with Crippen molar-refractivity contribution in [2.24, 2.45) is 4.99 Å². The van der Waals surface area contributed by atoms with Crippen molar-refractivity contribution in [3.8, 4) is 0 Å². The average Bonchev–Trinajstić information content (AvgIpc) is 3.03. The largest absolute Gasteiger partial charge is 0.465 e. The van der Waals surface area contributed by atoms with Crippen molar-refractivity contribution in [1.29, 1.82) is 0 Å². The Labute approximate surface area is 169 Å². The Hall–Kier alpha value is -3.33. The fraction of sp³-hybridized carbons (Fsp3) is 0.200. The lowest BCUT2D eigenvalue weighted by Crippen LogP contribution is -2.23. The number of thiazole rings is 1. The molecule has 0 aliphatic rings. The molecule has 0 saturated carbocycles. The van der Waals surface area contributed by atoms with E-state index in [1.807, 2.05) is 0 Å². The van der Waals surface area contributed by atoms with Crippen LogP contribution in [0.1, 0.15) is 27.6 Å². The molecule has 9 heteroatoms. The summed E-state index contributed by atoms with van der Waals surface area (Å²) in [5.41, 5.74) is 1.12. The Morgan fingerprint density at radius 3 is 2.45 bits per heavy atom. The number of carbonyl (C=O) groups is 3. The van der Waals surface area contributed by atoms with Gasteiger partial charge in [0.15, 0.2) is 4.80 Å². The van der Waals surface area contributed by atoms with Gasteiger partial charge in [0.25, 0.3) is 5.91 Å². The van der Waals surface area contributed by atoms with E-state index >= 15 is 0 Å². The molecule has 0 N–H and O–H groups in total. The van der Waals surface area contributed by atoms with Gasteiger partial charge < -0.3 is 14.0 Å². The Morgan fingerprint density at radius 2 is 1.79 bits per heavy atom. The molecular formula is C20H17FN2O5S. The van der Waals surface area contributed by atoms with Gasteiger partial charge in [-0.1, -0.05) is 11.3 Å². The Morgan fingerprint density at radius 1 is 1.10 bits per heavy atom. The van der Waals surface area contributed by atoms with Gasteiger partial charge in [-0.2, -0.15) is 4.99 Å². The fourth-order valence-corrected chi connectivity index (χ4v) is 3.69. The van der Waals surface area contributed by atoms with E-state index in [1.165, 1.54) is 54.1 Å². The lowest BCUT2D eigenvalue weighted by atomic mass is 10.1. The highest BCUT2D eigenvalue weighted by Gasteiger charge is 2.14. The number of carbonyl (C=O) groups excluding carboxylic acids is 3. The normalized spacial score (nSPS) is 11.5. The zero-order valence-electron chi connectivity index (χ0n) is 15.7. The maximum absolute atomic E-state index is 13.6. The molecule has 3 aromatic rings. The number of ether oxygens (including phenoxy) is 2. The van der Waals surface area contributed by atoms with Gasteiger partial charge in [-0.25, -0.2) is 9.18 Å². The number of rotatable bonds is 5. The van der Waals surface area contributed by atoms with Crippen LogP contribution < -0.4 is 4.80 Å². The molecular weight excluding hydrogens is 399 g/mol. The smallest absolute Gasteiger partial charge is 0.337 e. The van der Waals surface area contributed by atoms with Crippen LogP contribution in [-0.4, -0.2) is 36.1 Å². The summed E-state index contributed by atoms with van der Waals surface area (Å²) < 4.78 is 25.3. The number of esters is 2. The van der Waals surface area contributed by atoms with Crippen LogP contribution in [0.3, 0.4) is 0 Å². The number of benzene rings is 2. The van der Waals surface area contributed by atoms with Gasteiger partial charge in [0, 0.05) is 5.56 Å². The number of hydrogen-bond donors (Lipinski definition) is 0. The van der Waals surface area contributed by atoms with Crippen molar-refractivity contribution in [1.82, 2.24) is 4.57 Å². The van der Waals surface area contributed by atoms with Gasteiger partial charge >= 0.3 is 11.9 Å². The lowest BCUT2D eigenvalue weighted by Gasteiger charge is -2.05. The summed E-state index contributed by atoms with van der Waals surface area (Å²) in [6, 6.07) is 9.95. The highest BCUT2D eigenvalue weighted by molar-refractivity contribution is 7.16. The summed E-state index contributed by atoms with van der Waals surface area (Å²) in [7, 11) is 1.27. The molecule has 0 aliphatic carbocycles.